The van der Waals surface area contributed by atoms with Gasteiger partial charge in [-0.25, -0.2) is 0 Å². The standard InChI is InChI=1S/C15H18F3N3O/c1-4-21(5-2)14(22)10-20(3)13-7-6-11(9-19)8-12(13)15(16,17)18/h6-8H,4-5,10H2,1-3H3. The van der Waals surface area contributed by atoms with E-state index in [0.29, 0.717) is 13.1 Å². The fourth-order valence-corrected chi connectivity index (χ4v) is 2.13. The average molecular weight is 313 g/mol. The molecule has 0 aromatic heterocycles. The van der Waals surface area contributed by atoms with Crippen LogP contribution in [0, 0.1) is 11.3 Å². The van der Waals surface area contributed by atoms with Crippen molar-refractivity contribution in [1.82, 2.24) is 4.90 Å². The van der Waals surface area contributed by atoms with Crippen molar-refractivity contribution in [3.05, 3.63) is 29.3 Å². The van der Waals surface area contributed by atoms with Gasteiger partial charge in [-0.15, -0.1) is 0 Å². The third kappa shape index (κ3) is 4.13. The van der Waals surface area contributed by atoms with Gasteiger partial charge < -0.3 is 9.80 Å². The number of nitrogens with zero attached hydrogens (tertiary/aromatic N) is 3. The summed E-state index contributed by atoms with van der Waals surface area (Å²) in [6.07, 6.45) is -4.59. The Morgan fingerprint density at radius 1 is 1.27 bits per heavy atom. The summed E-state index contributed by atoms with van der Waals surface area (Å²) in [5, 5.41) is 8.75. The molecule has 0 spiro atoms. The minimum atomic E-state index is -4.59. The first-order valence-electron chi connectivity index (χ1n) is 6.84. The van der Waals surface area contributed by atoms with Crippen LogP contribution in [0.25, 0.3) is 0 Å². The van der Waals surface area contributed by atoms with Crippen molar-refractivity contribution in [2.75, 3.05) is 31.6 Å². The first-order valence-corrected chi connectivity index (χ1v) is 6.84. The van der Waals surface area contributed by atoms with Gasteiger partial charge in [0, 0.05) is 25.8 Å². The van der Waals surface area contributed by atoms with Crippen molar-refractivity contribution in [2.24, 2.45) is 0 Å². The Morgan fingerprint density at radius 3 is 2.32 bits per heavy atom. The SMILES string of the molecule is CCN(CC)C(=O)CN(C)c1ccc(C#N)cc1C(F)(F)F. The molecule has 0 aliphatic heterocycles. The summed E-state index contributed by atoms with van der Waals surface area (Å²) in [5.74, 6) is -0.245. The first kappa shape index (κ1) is 17.8. The molecule has 1 aromatic carbocycles. The van der Waals surface area contributed by atoms with E-state index in [9.17, 15) is 18.0 Å². The van der Waals surface area contributed by atoms with E-state index >= 15 is 0 Å². The number of carbonyl (C=O) groups is 1. The van der Waals surface area contributed by atoms with E-state index in [2.05, 4.69) is 0 Å². The lowest BCUT2D eigenvalue weighted by Gasteiger charge is -2.26. The summed E-state index contributed by atoms with van der Waals surface area (Å²) in [5.41, 5.74) is -1.10. The van der Waals surface area contributed by atoms with Crippen LogP contribution in [0.2, 0.25) is 0 Å². The van der Waals surface area contributed by atoms with Crippen molar-refractivity contribution in [1.29, 1.82) is 5.26 Å². The zero-order valence-corrected chi connectivity index (χ0v) is 12.7. The zero-order chi connectivity index (χ0) is 16.9. The number of nitriles is 1. The average Bonchev–Trinajstić information content (AvgIpc) is 2.46. The Bertz CT molecular complexity index is 574. The quantitative estimate of drug-likeness (QED) is 0.840. The van der Waals surface area contributed by atoms with Crippen molar-refractivity contribution in [3.63, 3.8) is 0 Å². The van der Waals surface area contributed by atoms with E-state index in [1.807, 2.05) is 13.8 Å². The molecule has 0 atom stereocenters. The molecular weight excluding hydrogens is 295 g/mol. The third-order valence-electron chi connectivity index (χ3n) is 3.33. The maximum Gasteiger partial charge on any atom is 0.418 e. The predicted octanol–water partition coefficient (Wildman–Crippen LogP) is 2.88. The molecule has 7 heteroatoms. The third-order valence-corrected chi connectivity index (χ3v) is 3.33. The van der Waals surface area contributed by atoms with Crippen LogP contribution in [0.15, 0.2) is 18.2 Å². The van der Waals surface area contributed by atoms with E-state index in [1.165, 1.54) is 24.1 Å². The molecule has 0 heterocycles. The molecule has 0 bridgehead atoms. The Kier molecular flexibility index (Phi) is 5.80. The number of carbonyl (C=O) groups excluding carboxylic acids is 1. The number of amides is 1. The molecular formula is C15H18F3N3O. The van der Waals surface area contributed by atoms with E-state index in [-0.39, 0.29) is 23.7 Å². The number of likely N-dealkylation sites (N-methyl/N-ethyl adjacent to an activating group) is 2. The number of alkyl halides is 3. The van der Waals surface area contributed by atoms with Crippen LogP contribution in [-0.4, -0.2) is 37.5 Å². The molecule has 0 saturated carbocycles. The number of benzene rings is 1. The van der Waals surface area contributed by atoms with Gasteiger partial charge in [0.1, 0.15) is 0 Å². The van der Waals surface area contributed by atoms with Gasteiger partial charge in [-0.05, 0) is 32.0 Å². The summed E-state index contributed by atoms with van der Waals surface area (Å²) >= 11 is 0. The first-order chi connectivity index (χ1) is 10.2. The summed E-state index contributed by atoms with van der Waals surface area (Å²) < 4.78 is 39.4. The molecule has 1 rings (SSSR count). The molecule has 1 amide bonds. The molecule has 22 heavy (non-hydrogen) atoms. The van der Waals surface area contributed by atoms with Gasteiger partial charge in [-0.2, -0.15) is 18.4 Å². The van der Waals surface area contributed by atoms with Crippen molar-refractivity contribution in [2.45, 2.75) is 20.0 Å². The van der Waals surface area contributed by atoms with Crippen LogP contribution >= 0.6 is 0 Å². The van der Waals surface area contributed by atoms with E-state index in [1.54, 1.807) is 11.0 Å². The Balaban J connectivity index is 3.10. The maximum atomic E-state index is 13.1. The Hall–Kier alpha value is -2.23. The van der Waals surface area contributed by atoms with Crippen LogP contribution in [0.3, 0.4) is 0 Å². The molecule has 0 aliphatic rings. The highest BCUT2D eigenvalue weighted by molar-refractivity contribution is 5.81. The smallest absolute Gasteiger partial charge is 0.365 e. The maximum absolute atomic E-state index is 13.1. The van der Waals surface area contributed by atoms with Crippen LogP contribution in [-0.2, 0) is 11.0 Å². The van der Waals surface area contributed by atoms with Crippen LogP contribution in [0.5, 0.6) is 0 Å². The van der Waals surface area contributed by atoms with Gasteiger partial charge in [-0.1, -0.05) is 0 Å². The fourth-order valence-electron chi connectivity index (χ4n) is 2.13. The van der Waals surface area contributed by atoms with E-state index < -0.39 is 11.7 Å². The van der Waals surface area contributed by atoms with Crippen molar-refractivity contribution >= 4 is 11.6 Å². The monoisotopic (exact) mass is 313 g/mol. The molecule has 1 aromatic rings. The van der Waals surface area contributed by atoms with Crippen LogP contribution < -0.4 is 4.90 Å². The van der Waals surface area contributed by atoms with E-state index in [4.69, 9.17) is 5.26 Å². The van der Waals surface area contributed by atoms with Gasteiger partial charge in [-0.3, -0.25) is 4.79 Å². The van der Waals surface area contributed by atoms with Gasteiger partial charge >= 0.3 is 6.18 Å². The zero-order valence-electron chi connectivity index (χ0n) is 12.7. The summed E-state index contributed by atoms with van der Waals surface area (Å²) in [4.78, 5) is 14.8. The highest BCUT2D eigenvalue weighted by atomic mass is 19.4. The minimum absolute atomic E-state index is 0.0699. The van der Waals surface area contributed by atoms with Gasteiger partial charge in [0.05, 0.1) is 23.7 Å². The molecule has 0 radical (unpaired) electrons. The fraction of sp³-hybridized carbons (Fsp3) is 0.467. The van der Waals surface area contributed by atoms with E-state index in [0.717, 1.165) is 6.07 Å². The lowest BCUT2D eigenvalue weighted by atomic mass is 10.1. The van der Waals surface area contributed by atoms with Crippen LogP contribution in [0.1, 0.15) is 25.0 Å². The van der Waals surface area contributed by atoms with Gasteiger partial charge in [0.25, 0.3) is 0 Å². The number of rotatable bonds is 5. The largest absolute Gasteiger partial charge is 0.418 e. The molecule has 0 fully saturated rings. The Labute approximate surface area is 127 Å². The summed E-state index contributed by atoms with van der Waals surface area (Å²) in [6, 6.07) is 5.02. The molecule has 0 N–H and O–H groups in total. The predicted molar refractivity (Wildman–Crippen MR) is 77.4 cm³/mol. The van der Waals surface area contributed by atoms with Crippen molar-refractivity contribution < 1.29 is 18.0 Å². The lowest BCUT2D eigenvalue weighted by Crippen LogP contribution is -2.39. The highest BCUT2D eigenvalue weighted by Crippen LogP contribution is 2.36. The second kappa shape index (κ2) is 7.16. The Morgan fingerprint density at radius 2 is 1.86 bits per heavy atom. The normalized spacial score (nSPS) is 11.0. The lowest BCUT2D eigenvalue weighted by molar-refractivity contribution is -0.137. The van der Waals surface area contributed by atoms with Crippen molar-refractivity contribution in [3.8, 4) is 6.07 Å². The summed E-state index contributed by atoms with van der Waals surface area (Å²) in [7, 11) is 1.43. The topological polar surface area (TPSA) is 47.3 Å². The molecule has 0 saturated heterocycles. The second-order valence-corrected chi connectivity index (χ2v) is 4.76. The number of anilines is 1. The number of hydrogen-bond donors (Lipinski definition) is 0. The van der Waals surface area contributed by atoms with Crippen LogP contribution in [0.4, 0.5) is 18.9 Å². The molecule has 0 unspecified atom stereocenters. The number of halogens is 3. The van der Waals surface area contributed by atoms with Gasteiger partial charge in [0.15, 0.2) is 0 Å². The second-order valence-electron chi connectivity index (χ2n) is 4.76. The minimum Gasteiger partial charge on any atom is -0.365 e. The van der Waals surface area contributed by atoms with Gasteiger partial charge in [0.2, 0.25) is 5.91 Å². The summed E-state index contributed by atoms with van der Waals surface area (Å²) in [6.45, 7) is 4.47. The molecule has 120 valence electrons. The molecule has 4 nitrogen and oxygen atoms in total. The molecule has 0 aliphatic carbocycles. The highest BCUT2D eigenvalue weighted by Gasteiger charge is 2.35. The number of hydrogen-bond acceptors (Lipinski definition) is 3.